The maximum absolute atomic E-state index is 13.5. The number of aliphatic hydroxyl groups excluding tert-OH is 1. The summed E-state index contributed by atoms with van der Waals surface area (Å²) in [6.45, 7) is 1.61. The molecule has 0 amide bonds. The Labute approximate surface area is 213 Å². The summed E-state index contributed by atoms with van der Waals surface area (Å²) in [6, 6.07) is 12.6. The third-order valence-electron chi connectivity index (χ3n) is 5.42. The molecule has 2 heterocycles. The predicted octanol–water partition coefficient (Wildman–Crippen LogP) is 6.26. The fourth-order valence-electron chi connectivity index (χ4n) is 3.74. The lowest BCUT2D eigenvalue weighted by molar-refractivity contribution is -0.139. The highest BCUT2D eigenvalue weighted by molar-refractivity contribution is 7.98. The number of benzene rings is 2. The van der Waals surface area contributed by atoms with Crippen LogP contribution in [-0.2, 0) is 16.7 Å². The molecule has 4 rings (SSSR count). The lowest BCUT2D eigenvalue weighted by Crippen LogP contribution is -2.14. The average molecular weight is 537 g/mol. The molecule has 0 aliphatic rings. The number of nitrogens with zero attached hydrogens (tertiary/aromatic N) is 2. The number of thioether (sulfide) groups is 1. The molecule has 0 saturated carbocycles. The van der Waals surface area contributed by atoms with Crippen molar-refractivity contribution in [2.75, 3.05) is 19.5 Å². The van der Waals surface area contributed by atoms with Gasteiger partial charge in [-0.1, -0.05) is 24.3 Å². The minimum atomic E-state index is -4.54. The van der Waals surface area contributed by atoms with E-state index in [1.807, 2.05) is 18.2 Å². The van der Waals surface area contributed by atoms with Gasteiger partial charge in [0.25, 0.3) is 0 Å². The fraction of sp³-hybridized carbons (Fsp3) is 0.280. The number of alkyl halides is 3. The van der Waals surface area contributed by atoms with Gasteiger partial charge in [0.15, 0.2) is 4.88 Å². The maximum Gasteiger partial charge on any atom is 0.416 e. The number of carbonyl (C=O) groups is 1. The van der Waals surface area contributed by atoms with E-state index in [0.29, 0.717) is 16.5 Å². The summed E-state index contributed by atoms with van der Waals surface area (Å²) in [4.78, 5) is 17.1. The van der Waals surface area contributed by atoms with Crippen molar-refractivity contribution in [3.05, 3.63) is 76.4 Å². The Balaban J connectivity index is 1.70. The molecule has 0 saturated heterocycles. The van der Waals surface area contributed by atoms with E-state index in [0.717, 1.165) is 34.0 Å². The zero-order valence-corrected chi connectivity index (χ0v) is 21.0. The molecule has 190 valence electrons. The summed E-state index contributed by atoms with van der Waals surface area (Å²) in [7, 11) is 1.23. The van der Waals surface area contributed by atoms with Crippen molar-refractivity contribution >= 4 is 40.1 Å². The number of hydrogen-bond acceptors (Lipinski definition) is 7. The van der Waals surface area contributed by atoms with Crippen LogP contribution in [0.3, 0.4) is 0 Å². The highest BCUT2D eigenvalue weighted by atomic mass is 32.2. The molecule has 1 unspecified atom stereocenters. The van der Waals surface area contributed by atoms with Crippen molar-refractivity contribution in [2.45, 2.75) is 25.0 Å². The second-order valence-corrected chi connectivity index (χ2v) is 9.96. The van der Waals surface area contributed by atoms with Gasteiger partial charge >= 0.3 is 12.1 Å². The summed E-state index contributed by atoms with van der Waals surface area (Å²) in [5, 5.41) is 9.62. The van der Waals surface area contributed by atoms with Crippen LogP contribution < -0.4 is 4.74 Å². The van der Waals surface area contributed by atoms with Crippen molar-refractivity contribution in [1.82, 2.24) is 9.55 Å². The van der Waals surface area contributed by atoms with Gasteiger partial charge in [0.1, 0.15) is 23.2 Å². The first kappa shape index (κ1) is 26.1. The Bertz CT molecular complexity index is 1370. The van der Waals surface area contributed by atoms with Gasteiger partial charge in [-0.3, -0.25) is 4.57 Å². The van der Waals surface area contributed by atoms with Gasteiger partial charge in [-0.25, -0.2) is 9.78 Å². The van der Waals surface area contributed by atoms with Crippen molar-refractivity contribution in [1.29, 1.82) is 0 Å². The lowest BCUT2D eigenvalue weighted by atomic mass is 10.0. The number of thiophene rings is 1. The number of aromatic nitrogens is 2. The Morgan fingerprint density at radius 2 is 2.00 bits per heavy atom. The molecule has 0 spiro atoms. The fourth-order valence-corrected chi connectivity index (χ4v) is 5.42. The SMILES string of the molecule is COC(=O)c1sc(-n2cnc3ccc(CSCCO)cc32)cc1OC(C)c1ccccc1C(F)(F)F. The van der Waals surface area contributed by atoms with Gasteiger partial charge < -0.3 is 14.6 Å². The van der Waals surface area contributed by atoms with Gasteiger partial charge in [0, 0.05) is 23.1 Å². The number of halogens is 3. The minimum absolute atomic E-state index is 0.0355. The third-order valence-corrected chi connectivity index (χ3v) is 7.52. The van der Waals surface area contributed by atoms with Crippen LogP contribution in [0.4, 0.5) is 13.2 Å². The summed E-state index contributed by atoms with van der Waals surface area (Å²) >= 11 is 2.70. The van der Waals surface area contributed by atoms with Crippen LogP contribution in [0.1, 0.15) is 39.4 Å². The molecule has 0 aliphatic carbocycles. The average Bonchev–Trinajstić information content (AvgIpc) is 3.47. The number of hydrogen-bond donors (Lipinski definition) is 1. The van der Waals surface area contributed by atoms with E-state index in [-0.39, 0.29) is 22.8 Å². The molecule has 0 fully saturated rings. The van der Waals surface area contributed by atoms with Crippen LogP contribution >= 0.6 is 23.1 Å². The molecule has 0 aliphatic heterocycles. The standard InChI is InChI=1S/C25H23F3N2O4S2/c1-15(17-5-3-4-6-18(17)25(26,27)28)34-21-12-22(36-23(21)24(32)33-2)30-14-29-19-8-7-16(11-20(19)30)13-35-10-9-31/h3-8,11-12,14-15,31H,9-10,13H2,1-2H3. The van der Waals surface area contributed by atoms with Gasteiger partial charge in [0.2, 0.25) is 0 Å². The van der Waals surface area contributed by atoms with Gasteiger partial charge in [0.05, 0.1) is 30.3 Å². The topological polar surface area (TPSA) is 73.6 Å². The highest BCUT2D eigenvalue weighted by Gasteiger charge is 2.35. The quantitative estimate of drug-likeness (QED) is 0.201. The highest BCUT2D eigenvalue weighted by Crippen LogP contribution is 2.39. The van der Waals surface area contributed by atoms with Gasteiger partial charge in [-0.15, -0.1) is 11.3 Å². The Morgan fingerprint density at radius 3 is 2.72 bits per heavy atom. The van der Waals surface area contributed by atoms with Crippen molar-refractivity contribution < 1.29 is 32.5 Å². The van der Waals surface area contributed by atoms with E-state index in [9.17, 15) is 18.0 Å². The molecule has 0 radical (unpaired) electrons. The molecule has 11 heteroatoms. The van der Waals surface area contributed by atoms with E-state index in [1.54, 1.807) is 28.7 Å². The van der Waals surface area contributed by atoms with E-state index in [1.165, 1.54) is 32.2 Å². The largest absolute Gasteiger partial charge is 0.484 e. The molecule has 4 aromatic rings. The molecular weight excluding hydrogens is 513 g/mol. The zero-order chi connectivity index (χ0) is 25.9. The normalized spacial score (nSPS) is 12.6. The number of rotatable bonds is 9. The maximum atomic E-state index is 13.5. The minimum Gasteiger partial charge on any atom is -0.484 e. The summed E-state index contributed by atoms with van der Waals surface area (Å²) in [5.74, 6) is 0.816. The summed E-state index contributed by atoms with van der Waals surface area (Å²) < 4.78 is 53.2. The monoisotopic (exact) mass is 536 g/mol. The molecule has 1 atom stereocenters. The van der Waals surface area contributed by atoms with Gasteiger partial charge in [-0.05, 0) is 30.7 Å². The zero-order valence-electron chi connectivity index (χ0n) is 19.4. The van der Waals surface area contributed by atoms with Gasteiger partial charge in [-0.2, -0.15) is 24.9 Å². The first-order chi connectivity index (χ1) is 17.2. The van der Waals surface area contributed by atoms with E-state index in [2.05, 4.69) is 4.98 Å². The van der Waals surface area contributed by atoms with Crippen molar-refractivity contribution in [3.8, 4) is 10.8 Å². The number of aliphatic hydroxyl groups is 1. The lowest BCUT2D eigenvalue weighted by Gasteiger charge is -2.19. The van der Waals surface area contributed by atoms with Crippen LogP contribution in [0.25, 0.3) is 16.0 Å². The van der Waals surface area contributed by atoms with Crippen LogP contribution in [-0.4, -0.2) is 40.1 Å². The Kier molecular flexibility index (Phi) is 7.91. The number of ether oxygens (including phenoxy) is 2. The molecule has 0 bridgehead atoms. The molecule has 6 nitrogen and oxygen atoms in total. The van der Waals surface area contributed by atoms with Crippen molar-refractivity contribution in [2.24, 2.45) is 0 Å². The van der Waals surface area contributed by atoms with Crippen LogP contribution in [0.5, 0.6) is 5.75 Å². The predicted molar refractivity (Wildman–Crippen MR) is 134 cm³/mol. The smallest absolute Gasteiger partial charge is 0.416 e. The van der Waals surface area contributed by atoms with Crippen molar-refractivity contribution in [3.63, 3.8) is 0 Å². The molecule has 1 N–H and O–H groups in total. The van der Waals surface area contributed by atoms with Crippen LogP contribution in [0.15, 0.2) is 54.9 Å². The van der Waals surface area contributed by atoms with E-state index in [4.69, 9.17) is 14.6 Å². The van der Waals surface area contributed by atoms with Crippen LogP contribution in [0.2, 0.25) is 0 Å². The second kappa shape index (κ2) is 10.9. The molecule has 2 aromatic carbocycles. The molecular formula is C25H23F3N2O4S2. The number of methoxy groups -OCH3 is 1. The first-order valence-corrected chi connectivity index (χ1v) is 12.9. The number of carbonyl (C=O) groups excluding carboxylic acids is 1. The third kappa shape index (κ3) is 5.53. The van der Waals surface area contributed by atoms with E-state index >= 15 is 0 Å². The Hall–Kier alpha value is -3.02. The second-order valence-electron chi connectivity index (χ2n) is 7.83. The number of fused-ring (bicyclic) bond motifs is 1. The number of imidazole rings is 1. The first-order valence-electron chi connectivity index (χ1n) is 10.9. The number of esters is 1. The summed E-state index contributed by atoms with van der Waals surface area (Å²) in [6.07, 6.45) is -3.90. The van der Waals surface area contributed by atoms with Crippen LogP contribution in [0, 0.1) is 0 Å². The summed E-state index contributed by atoms with van der Waals surface area (Å²) in [5.41, 5.74) is 1.76. The molecule has 2 aromatic heterocycles. The molecule has 36 heavy (non-hydrogen) atoms. The van der Waals surface area contributed by atoms with E-state index < -0.39 is 23.8 Å². The Morgan fingerprint density at radius 1 is 1.22 bits per heavy atom.